The second-order valence-electron chi connectivity index (χ2n) is 4.78. The number of hydrogen-bond acceptors (Lipinski definition) is 3. The van der Waals surface area contributed by atoms with Crippen molar-refractivity contribution in [3.05, 3.63) is 0 Å². The van der Waals surface area contributed by atoms with Crippen molar-refractivity contribution in [2.75, 3.05) is 13.6 Å². The standard InChI is InChI=1S/C11H19NO3/c1-7(13)6-12(2)11(14)9-5-8-3-4-10(9)15-8/h7-10,13H,3-6H2,1-2H3. The van der Waals surface area contributed by atoms with E-state index in [1.54, 1.807) is 18.9 Å². The van der Waals surface area contributed by atoms with Gasteiger partial charge >= 0.3 is 0 Å². The van der Waals surface area contributed by atoms with Gasteiger partial charge in [0.05, 0.1) is 24.2 Å². The van der Waals surface area contributed by atoms with Gasteiger partial charge in [-0.2, -0.15) is 0 Å². The zero-order valence-corrected chi connectivity index (χ0v) is 9.35. The van der Waals surface area contributed by atoms with Crippen LogP contribution in [0, 0.1) is 5.92 Å². The Bertz CT molecular complexity index is 254. The lowest BCUT2D eigenvalue weighted by molar-refractivity contribution is -0.137. The third-order valence-electron chi connectivity index (χ3n) is 3.34. The van der Waals surface area contributed by atoms with E-state index in [0.717, 1.165) is 19.3 Å². The van der Waals surface area contributed by atoms with Crippen LogP contribution in [0.2, 0.25) is 0 Å². The summed E-state index contributed by atoms with van der Waals surface area (Å²) in [7, 11) is 1.75. The largest absolute Gasteiger partial charge is 0.392 e. The molecular formula is C11H19NO3. The van der Waals surface area contributed by atoms with Crippen LogP contribution >= 0.6 is 0 Å². The molecule has 0 spiro atoms. The molecule has 1 amide bonds. The van der Waals surface area contributed by atoms with Gasteiger partial charge in [0, 0.05) is 13.6 Å². The summed E-state index contributed by atoms with van der Waals surface area (Å²) in [5.74, 6) is 0.163. The molecule has 2 fully saturated rings. The second-order valence-corrected chi connectivity index (χ2v) is 4.78. The van der Waals surface area contributed by atoms with Crippen molar-refractivity contribution in [2.45, 2.75) is 44.5 Å². The molecule has 0 aromatic heterocycles. The average Bonchev–Trinajstić information content (AvgIpc) is 2.76. The predicted octanol–water partition coefficient (Wildman–Crippen LogP) is 0.393. The Morgan fingerprint density at radius 2 is 2.33 bits per heavy atom. The number of carbonyl (C=O) groups is 1. The van der Waals surface area contributed by atoms with Gasteiger partial charge < -0.3 is 14.7 Å². The second kappa shape index (κ2) is 4.10. The number of nitrogens with zero attached hydrogens (tertiary/aromatic N) is 1. The van der Waals surface area contributed by atoms with Crippen LogP contribution in [-0.4, -0.2) is 47.8 Å². The summed E-state index contributed by atoms with van der Waals surface area (Å²) in [6.45, 7) is 2.10. The van der Waals surface area contributed by atoms with Crippen molar-refractivity contribution in [1.82, 2.24) is 4.90 Å². The molecule has 0 aromatic rings. The molecule has 4 heteroatoms. The Morgan fingerprint density at radius 1 is 1.60 bits per heavy atom. The summed E-state index contributed by atoms with van der Waals surface area (Å²) in [5.41, 5.74) is 0. The van der Waals surface area contributed by atoms with Crippen LogP contribution in [0.1, 0.15) is 26.2 Å². The molecule has 1 N–H and O–H groups in total. The Labute approximate surface area is 90.2 Å². The molecular weight excluding hydrogens is 194 g/mol. The highest BCUT2D eigenvalue weighted by molar-refractivity contribution is 5.79. The van der Waals surface area contributed by atoms with E-state index in [1.807, 2.05) is 0 Å². The number of hydrogen-bond donors (Lipinski definition) is 1. The van der Waals surface area contributed by atoms with E-state index in [2.05, 4.69) is 0 Å². The van der Waals surface area contributed by atoms with Gasteiger partial charge in [0.2, 0.25) is 5.91 Å². The minimum Gasteiger partial charge on any atom is -0.392 e. The van der Waals surface area contributed by atoms with Crippen molar-refractivity contribution in [1.29, 1.82) is 0 Å². The van der Waals surface area contributed by atoms with E-state index >= 15 is 0 Å². The van der Waals surface area contributed by atoms with Crippen LogP contribution in [0.5, 0.6) is 0 Å². The number of carbonyl (C=O) groups excluding carboxylic acids is 1. The zero-order chi connectivity index (χ0) is 11.0. The van der Waals surface area contributed by atoms with E-state index < -0.39 is 6.10 Å². The Kier molecular flexibility index (Phi) is 2.98. The van der Waals surface area contributed by atoms with Crippen molar-refractivity contribution < 1.29 is 14.6 Å². The van der Waals surface area contributed by atoms with E-state index in [9.17, 15) is 9.90 Å². The monoisotopic (exact) mass is 213 g/mol. The summed E-state index contributed by atoms with van der Waals surface area (Å²) >= 11 is 0. The summed E-state index contributed by atoms with van der Waals surface area (Å²) in [6.07, 6.45) is 2.98. The maximum absolute atomic E-state index is 12.0. The number of aliphatic hydroxyl groups excluding tert-OH is 1. The number of rotatable bonds is 3. The Morgan fingerprint density at radius 3 is 2.80 bits per heavy atom. The van der Waals surface area contributed by atoms with Crippen LogP contribution in [0.15, 0.2) is 0 Å². The topological polar surface area (TPSA) is 49.8 Å². The summed E-state index contributed by atoms with van der Waals surface area (Å²) in [6, 6.07) is 0. The molecule has 86 valence electrons. The zero-order valence-electron chi connectivity index (χ0n) is 9.35. The first kappa shape index (κ1) is 10.9. The van der Waals surface area contributed by atoms with Crippen molar-refractivity contribution >= 4 is 5.91 Å². The maximum atomic E-state index is 12.0. The average molecular weight is 213 g/mol. The molecule has 2 heterocycles. The van der Waals surface area contributed by atoms with Gasteiger partial charge in [-0.05, 0) is 26.2 Å². The normalized spacial score (nSPS) is 35.5. The molecule has 0 saturated carbocycles. The number of likely N-dealkylation sites (N-methyl/N-ethyl adjacent to an activating group) is 1. The SMILES string of the molecule is CC(O)CN(C)C(=O)C1CC2CCC1O2. The highest BCUT2D eigenvalue weighted by Gasteiger charge is 2.45. The van der Waals surface area contributed by atoms with Gasteiger partial charge in [0.15, 0.2) is 0 Å². The molecule has 4 atom stereocenters. The van der Waals surface area contributed by atoms with Gasteiger partial charge in [-0.15, -0.1) is 0 Å². The molecule has 15 heavy (non-hydrogen) atoms. The van der Waals surface area contributed by atoms with E-state index in [-0.39, 0.29) is 17.9 Å². The Hall–Kier alpha value is -0.610. The summed E-state index contributed by atoms with van der Waals surface area (Å²) in [5, 5.41) is 9.22. The number of aliphatic hydroxyl groups is 1. The van der Waals surface area contributed by atoms with E-state index in [1.165, 1.54) is 0 Å². The van der Waals surface area contributed by atoms with Crippen LogP contribution in [-0.2, 0) is 9.53 Å². The fraction of sp³-hybridized carbons (Fsp3) is 0.909. The fourth-order valence-corrected chi connectivity index (χ4v) is 2.67. The smallest absolute Gasteiger partial charge is 0.228 e. The lowest BCUT2D eigenvalue weighted by atomic mass is 9.88. The fourth-order valence-electron chi connectivity index (χ4n) is 2.67. The van der Waals surface area contributed by atoms with Gasteiger partial charge in [0.25, 0.3) is 0 Å². The first-order valence-corrected chi connectivity index (χ1v) is 5.66. The molecule has 0 radical (unpaired) electrons. The predicted molar refractivity (Wildman–Crippen MR) is 55.3 cm³/mol. The molecule has 4 unspecified atom stereocenters. The lowest BCUT2D eigenvalue weighted by Crippen LogP contribution is -2.40. The van der Waals surface area contributed by atoms with Gasteiger partial charge in [0.1, 0.15) is 0 Å². The highest BCUT2D eigenvalue weighted by Crippen LogP contribution is 2.39. The van der Waals surface area contributed by atoms with Crippen LogP contribution in [0.25, 0.3) is 0 Å². The van der Waals surface area contributed by atoms with Crippen molar-refractivity contribution in [3.8, 4) is 0 Å². The minimum atomic E-state index is -0.460. The lowest BCUT2D eigenvalue weighted by Gasteiger charge is -2.25. The maximum Gasteiger partial charge on any atom is 0.228 e. The molecule has 4 nitrogen and oxygen atoms in total. The highest BCUT2D eigenvalue weighted by atomic mass is 16.5. The molecule has 2 aliphatic heterocycles. The summed E-state index contributed by atoms with van der Waals surface area (Å²) < 4.78 is 5.65. The number of fused-ring (bicyclic) bond motifs is 2. The number of ether oxygens (including phenoxy) is 1. The van der Waals surface area contributed by atoms with Crippen LogP contribution in [0.4, 0.5) is 0 Å². The van der Waals surface area contributed by atoms with E-state index in [0.29, 0.717) is 12.6 Å². The molecule has 2 aliphatic rings. The molecule has 2 rings (SSSR count). The van der Waals surface area contributed by atoms with Crippen molar-refractivity contribution in [3.63, 3.8) is 0 Å². The molecule has 2 saturated heterocycles. The third kappa shape index (κ3) is 2.16. The van der Waals surface area contributed by atoms with E-state index in [4.69, 9.17) is 4.74 Å². The Balaban J connectivity index is 1.91. The molecule has 0 aromatic carbocycles. The minimum absolute atomic E-state index is 0.0347. The molecule has 2 bridgehead atoms. The van der Waals surface area contributed by atoms with Crippen molar-refractivity contribution in [2.24, 2.45) is 5.92 Å². The van der Waals surface area contributed by atoms with Gasteiger partial charge in [-0.25, -0.2) is 0 Å². The van der Waals surface area contributed by atoms with Crippen LogP contribution < -0.4 is 0 Å². The van der Waals surface area contributed by atoms with Gasteiger partial charge in [-0.3, -0.25) is 4.79 Å². The quantitative estimate of drug-likeness (QED) is 0.738. The van der Waals surface area contributed by atoms with Crippen LogP contribution in [0.3, 0.4) is 0 Å². The third-order valence-corrected chi connectivity index (χ3v) is 3.34. The number of amides is 1. The molecule has 0 aliphatic carbocycles. The van der Waals surface area contributed by atoms with Gasteiger partial charge in [-0.1, -0.05) is 0 Å². The first-order valence-electron chi connectivity index (χ1n) is 5.66. The summed E-state index contributed by atoms with van der Waals surface area (Å²) in [4.78, 5) is 13.6. The first-order chi connectivity index (χ1) is 7.08.